The lowest BCUT2D eigenvalue weighted by Gasteiger charge is -2.19. The zero-order valence-corrected chi connectivity index (χ0v) is 19.3. The molecule has 1 heterocycles. The van der Waals surface area contributed by atoms with Crippen LogP contribution in [0.25, 0.3) is 0 Å². The highest BCUT2D eigenvalue weighted by molar-refractivity contribution is 7.93. The zero-order valence-electron chi connectivity index (χ0n) is 17.7. The van der Waals surface area contributed by atoms with E-state index in [1.807, 2.05) is 6.07 Å². The number of amides is 2. The average Bonchev–Trinajstić information content (AvgIpc) is 3.13. The van der Waals surface area contributed by atoms with Crippen LogP contribution in [0, 0.1) is 0 Å². The van der Waals surface area contributed by atoms with Crippen LogP contribution in [0.5, 0.6) is 11.5 Å². The van der Waals surface area contributed by atoms with Crippen LogP contribution in [0.2, 0.25) is 5.02 Å². The lowest BCUT2D eigenvalue weighted by atomic mass is 10.1. The fourth-order valence-corrected chi connectivity index (χ4v) is 5.16. The topological polar surface area (TPSA) is 114 Å². The van der Waals surface area contributed by atoms with Gasteiger partial charge in [0.15, 0.2) is 11.5 Å². The maximum atomic E-state index is 12.3. The summed E-state index contributed by atoms with van der Waals surface area (Å²) < 4.78 is 36.0. The van der Waals surface area contributed by atoms with E-state index in [0.717, 1.165) is 5.56 Å². The first-order chi connectivity index (χ1) is 15.2. The third kappa shape index (κ3) is 5.43. The van der Waals surface area contributed by atoms with Crippen molar-refractivity contribution in [3.63, 3.8) is 0 Å². The van der Waals surface area contributed by atoms with Gasteiger partial charge in [0.05, 0.1) is 30.7 Å². The van der Waals surface area contributed by atoms with E-state index in [9.17, 15) is 18.0 Å². The maximum absolute atomic E-state index is 12.3. The van der Waals surface area contributed by atoms with Gasteiger partial charge in [-0.25, -0.2) is 8.42 Å². The standard InChI is InChI=1S/C21H24ClN3O6S/c1-30-18-7-4-14(12-19(18)31-2)8-9-23-20(26)21(27)24-15-5-6-16(22)17(13-15)25-10-3-11-32(25,28)29/h4-7,12-13H,3,8-11H2,1-2H3,(H,23,26)(H,24,27). The van der Waals surface area contributed by atoms with Gasteiger partial charge >= 0.3 is 11.8 Å². The summed E-state index contributed by atoms with van der Waals surface area (Å²) in [6.07, 6.45) is 0.981. The molecule has 0 radical (unpaired) electrons. The van der Waals surface area contributed by atoms with Gasteiger partial charge in [0.1, 0.15) is 0 Å². The average molecular weight is 482 g/mol. The van der Waals surface area contributed by atoms with Crippen molar-refractivity contribution in [1.82, 2.24) is 5.32 Å². The second-order valence-electron chi connectivity index (χ2n) is 7.06. The van der Waals surface area contributed by atoms with Crippen molar-refractivity contribution in [2.75, 3.05) is 42.7 Å². The Morgan fingerprint density at radius 1 is 1.06 bits per heavy atom. The van der Waals surface area contributed by atoms with Crippen molar-refractivity contribution < 1.29 is 27.5 Å². The molecule has 0 spiro atoms. The molecule has 11 heteroatoms. The van der Waals surface area contributed by atoms with Gasteiger partial charge in [0.25, 0.3) is 0 Å². The first kappa shape index (κ1) is 23.7. The normalized spacial score (nSPS) is 14.7. The number of hydrogen-bond acceptors (Lipinski definition) is 6. The van der Waals surface area contributed by atoms with Gasteiger partial charge in [-0.3, -0.25) is 13.9 Å². The maximum Gasteiger partial charge on any atom is 0.313 e. The predicted molar refractivity (Wildman–Crippen MR) is 122 cm³/mol. The molecule has 2 aromatic carbocycles. The Morgan fingerprint density at radius 3 is 2.47 bits per heavy atom. The van der Waals surface area contributed by atoms with Crippen molar-refractivity contribution in [1.29, 1.82) is 0 Å². The van der Waals surface area contributed by atoms with Crippen molar-refractivity contribution in [3.8, 4) is 11.5 Å². The summed E-state index contributed by atoms with van der Waals surface area (Å²) in [6.45, 7) is 0.551. The molecular formula is C21H24ClN3O6S. The number of nitrogens with zero attached hydrogens (tertiary/aromatic N) is 1. The van der Waals surface area contributed by atoms with E-state index in [-0.39, 0.29) is 28.7 Å². The molecule has 1 aliphatic heterocycles. The number of ether oxygens (including phenoxy) is 2. The molecule has 0 saturated carbocycles. The number of benzene rings is 2. The Balaban J connectivity index is 1.58. The third-order valence-electron chi connectivity index (χ3n) is 4.93. The summed E-state index contributed by atoms with van der Waals surface area (Å²) in [5.74, 6) is -0.454. The van der Waals surface area contributed by atoms with Crippen LogP contribution in [-0.2, 0) is 26.0 Å². The Labute approximate surface area is 191 Å². The van der Waals surface area contributed by atoms with Crippen molar-refractivity contribution in [2.45, 2.75) is 12.8 Å². The fraction of sp³-hybridized carbons (Fsp3) is 0.333. The smallest absolute Gasteiger partial charge is 0.313 e. The lowest BCUT2D eigenvalue weighted by Crippen LogP contribution is -2.36. The van der Waals surface area contributed by atoms with Crippen molar-refractivity contribution >= 4 is 44.8 Å². The molecule has 2 N–H and O–H groups in total. The minimum atomic E-state index is -3.43. The van der Waals surface area contributed by atoms with Gasteiger partial charge in [-0.1, -0.05) is 17.7 Å². The monoisotopic (exact) mass is 481 g/mol. The van der Waals surface area contributed by atoms with E-state index in [2.05, 4.69) is 10.6 Å². The SMILES string of the molecule is COc1ccc(CCNC(=O)C(=O)Nc2ccc(Cl)c(N3CCCS3(=O)=O)c2)cc1OC. The second-order valence-corrected chi connectivity index (χ2v) is 9.48. The van der Waals surface area contributed by atoms with Crippen LogP contribution in [0.15, 0.2) is 36.4 Å². The first-order valence-electron chi connectivity index (χ1n) is 9.85. The van der Waals surface area contributed by atoms with Crippen molar-refractivity contribution in [2.24, 2.45) is 0 Å². The number of methoxy groups -OCH3 is 2. The molecule has 172 valence electrons. The van der Waals surface area contributed by atoms with Crippen LogP contribution in [0.3, 0.4) is 0 Å². The first-order valence-corrected chi connectivity index (χ1v) is 11.8. The minimum Gasteiger partial charge on any atom is -0.493 e. The molecule has 1 fully saturated rings. The number of sulfonamides is 1. The van der Waals surface area contributed by atoms with Crippen LogP contribution in [0.1, 0.15) is 12.0 Å². The Bertz CT molecular complexity index is 1120. The summed E-state index contributed by atoms with van der Waals surface area (Å²) >= 11 is 6.16. The molecule has 0 aliphatic carbocycles. The fourth-order valence-electron chi connectivity index (χ4n) is 3.32. The Kier molecular flexibility index (Phi) is 7.47. The van der Waals surface area contributed by atoms with E-state index in [0.29, 0.717) is 30.9 Å². The molecule has 1 saturated heterocycles. The number of carbonyl (C=O) groups excluding carboxylic acids is 2. The van der Waals surface area contributed by atoms with E-state index in [4.69, 9.17) is 21.1 Å². The summed E-state index contributed by atoms with van der Waals surface area (Å²) in [5, 5.41) is 5.27. The quantitative estimate of drug-likeness (QED) is 0.586. The summed E-state index contributed by atoms with van der Waals surface area (Å²) in [7, 11) is -0.350. The second kappa shape index (κ2) is 10.1. The molecule has 0 aromatic heterocycles. The largest absolute Gasteiger partial charge is 0.493 e. The van der Waals surface area contributed by atoms with Crippen LogP contribution in [0.4, 0.5) is 11.4 Å². The molecule has 0 unspecified atom stereocenters. The molecule has 3 rings (SSSR count). The van der Waals surface area contributed by atoms with Gasteiger partial charge < -0.3 is 20.1 Å². The Hall–Kier alpha value is -2.98. The van der Waals surface area contributed by atoms with Crippen LogP contribution in [-0.4, -0.2) is 53.3 Å². The third-order valence-corrected chi connectivity index (χ3v) is 7.10. The predicted octanol–water partition coefficient (Wildman–Crippen LogP) is 2.19. The highest BCUT2D eigenvalue weighted by Gasteiger charge is 2.30. The van der Waals surface area contributed by atoms with E-state index in [1.54, 1.807) is 19.2 Å². The van der Waals surface area contributed by atoms with Crippen molar-refractivity contribution in [3.05, 3.63) is 47.0 Å². The number of anilines is 2. The van der Waals surface area contributed by atoms with Gasteiger partial charge in [-0.2, -0.15) is 0 Å². The number of halogens is 1. The number of nitrogens with one attached hydrogen (secondary N) is 2. The molecule has 0 atom stereocenters. The minimum absolute atomic E-state index is 0.0440. The van der Waals surface area contributed by atoms with E-state index >= 15 is 0 Å². The van der Waals surface area contributed by atoms with E-state index in [1.165, 1.54) is 29.6 Å². The molecule has 2 aromatic rings. The molecule has 0 bridgehead atoms. The summed E-state index contributed by atoms with van der Waals surface area (Å²) in [4.78, 5) is 24.4. The van der Waals surface area contributed by atoms with E-state index < -0.39 is 21.8 Å². The number of hydrogen-bond donors (Lipinski definition) is 2. The number of rotatable bonds is 7. The lowest BCUT2D eigenvalue weighted by molar-refractivity contribution is -0.136. The van der Waals surface area contributed by atoms with Gasteiger partial charge in [-0.15, -0.1) is 0 Å². The molecule has 2 amide bonds. The van der Waals surface area contributed by atoms with Gasteiger partial charge in [0, 0.05) is 18.8 Å². The van der Waals surface area contributed by atoms with Gasteiger partial charge in [0.2, 0.25) is 10.0 Å². The molecule has 32 heavy (non-hydrogen) atoms. The molecule has 9 nitrogen and oxygen atoms in total. The highest BCUT2D eigenvalue weighted by atomic mass is 35.5. The summed E-state index contributed by atoms with van der Waals surface area (Å²) in [6, 6.07) is 9.84. The molecule has 1 aliphatic rings. The molecular weight excluding hydrogens is 458 g/mol. The zero-order chi connectivity index (χ0) is 23.3. The van der Waals surface area contributed by atoms with Crippen LogP contribution < -0.4 is 24.4 Å². The van der Waals surface area contributed by atoms with Crippen LogP contribution >= 0.6 is 11.6 Å². The summed E-state index contributed by atoms with van der Waals surface area (Å²) in [5.41, 5.74) is 1.44. The van der Waals surface area contributed by atoms with Gasteiger partial charge in [-0.05, 0) is 48.7 Å². The highest BCUT2D eigenvalue weighted by Crippen LogP contribution is 2.33. The Morgan fingerprint density at radius 2 is 1.81 bits per heavy atom. The number of carbonyl (C=O) groups is 2.